The van der Waals surface area contributed by atoms with E-state index in [1.807, 2.05) is 18.3 Å². The molecule has 0 bridgehead atoms. The van der Waals surface area contributed by atoms with Crippen molar-refractivity contribution in [1.29, 1.82) is 0 Å². The second-order valence-corrected chi connectivity index (χ2v) is 3.88. The van der Waals surface area contributed by atoms with Crippen molar-refractivity contribution < 1.29 is 4.79 Å². The van der Waals surface area contributed by atoms with Gasteiger partial charge in [0.25, 0.3) is 0 Å². The molecule has 3 heteroatoms. The third-order valence-corrected chi connectivity index (χ3v) is 2.57. The minimum absolute atomic E-state index is 0.172. The normalized spacial score (nSPS) is 12.2. The van der Waals surface area contributed by atoms with E-state index in [1.54, 1.807) is 25.2 Å². The molecule has 15 heavy (non-hydrogen) atoms. The molecule has 1 aromatic heterocycles. The molecular formula is C12H18N2O. The number of nitrogens with zero attached hydrogens (tertiary/aromatic N) is 2. The molecule has 1 amide bonds. The van der Waals surface area contributed by atoms with Gasteiger partial charge in [-0.3, -0.25) is 9.78 Å². The van der Waals surface area contributed by atoms with Gasteiger partial charge in [-0.25, -0.2) is 0 Å². The molecule has 1 aromatic rings. The van der Waals surface area contributed by atoms with Crippen molar-refractivity contribution in [3.8, 4) is 0 Å². The molecule has 0 aliphatic heterocycles. The number of amides is 1. The Morgan fingerprint density at radius 1 is 1.53 bits per heavy atom. The van der Waals surface area contributed by atoms with Gasteiger partial charge in [-0.2, -0.15) is 0 Å². The summed E-state index contributed by atoms with van der Waals surface area (Å²) in [6.07, 6.45) is 5.13. The molecule has 1 heterocycles. The van der Waals surface area contributed by atoms with Gasteiger partial charge in [0.05, 0.1) is 0 Å². The monoisotopic (exact) mass is 206 g/mol. The first-order valence-corrected chi connectivity index (χ1v) is 5.25. The van der Waals surface area contributed by atoms with Crippen molar-refractivity contribution in [2.75, 3.05) is 14.1 Å². The largest absolute Gasteiger partial charge is 0.349 e. The van der Waals surface area contributed by atoms with Crippen molar-refractivity contribution in [3.63, 3.8) is 0 Å². The van der Waals surface area contributed by atoms with Gasteiger partial charge in [0.1, 0.15) is 0 Å². The van der Waals surface area contributed by atoms with Crippen LogP contribution in [0.5, 0.6) is 0 Å². The Morgan fingerprint density at radius 3 is 2.73 bits per heavy atom. The third-order valence-electron chi connectivity index (χ3n) is 2.57. The van der Waals surface area contributed by atoms with Crippen LogP contribution in [0, 0.1) is 0 Å². The second kappa shape index (κ2) is 5.49. The zero-order chi connectivity index (χ0) is 11.3. The van der Waals surface area contributed by atoms with Crippen molar-refractivity contribution in [3.05, 3.63) is 30.1 Å². The summed E-state index contributed by atoms with van der Waals surface area (Å²) in [6.45, 7) is 2.10. The number of carbonyl (C=O) groups excluding carboxylic acids is 1. The number of aromatic nitrogens is 1. The highest BCUT2D eigenvalue weighted by atomic mass is 16.2. The number of hydrogen-bond acceptors (Lipinski definition) is 2. The molecule has 0 aromatic carbocycles. The summed E-state index contributed by atoms with van der Waals surface area (Å²) >= 11 is 0. The van der Waals surface area contributed by atoms with Crippen LogP contribution in [0.1, 0.15) is 31.2 Å². The van der Waals surface area contributed by atoms with Crippen LogP contribution in [0.25, 0.3) is 0 Å². The highest BCUT2D eigenvalue weighted by Crippen LogP contribution is 2.22. The molecule has 3 nitrogen and oxygen atoms in total. The lowest BCUT2D eigenvalue weighted by atomic mass is 9.94. The molecule has 0 saturated heterocycles. The SMILES string of the molecule is CC[C@@H](CC(=O)N(C)C)c1cccnc1. The van der Waals surface area contributed by atoms with Crippen LogP contribution in [0.2, 0.25) is 0 Å². The molecule has 0 saturated carbocycles. The van der Waals surface area contributed by atoms with E-state index in [0.717, 1.165) is 12.0 Å². The number of rotatable bonds is 4. The third kappa shape index (κ3) is 3.35. The molecule has 0 spiro atoms. The molecule has 0 radical (unpaired) electrons. The topological polar surface area (TPSA) is 33.2 Å². The number of pyridine rings is 1. The van der Waals surface area contributed by atoms with Crippen LogP contribution in [0.4, 0.5) is 0 Å². The highest BCUT2D eigenvalue weighted by Gasteiger charge is 2.15. The zero-order valence-corrected chi connectivity index (χ0v) is 9.60. The van der Waals surface area contributed by atoms with Gasteiger partial charge >= 0.3 is 0 Å². The Balaban J connectivity index is 2.69. The van der Waals surface area contributed by atoms with Crippen LogP contribution in [-0.2, 0) is 4.79 Å². The molecule has 0 unspecified atom stereocenters. The summed E-state index contributed by atoms with van der Waals surface area (Å²) in [5, 5.41) is 0. The van der Waals surface area contributed by atoms with Gasteiger partial charge < -0.3 is 4.90 Å². The minimum atomic E-state index is 0.172. The summed E-state index contributed by atoms with van der Waals surface area (Å²) < 4.78 is 0. The fourth-order valence-electron chi connectivity index (χ4n) is 1.51. The van der Waals surface area contributed by atoms with E-state index in [9.17, 15) is 4.79 Å². The lowest BCUT2D eigenvalue weighted by Gasteiger charge is -2.17. The van der Waals surface area contributed by atoms with Crippen molar-refractivity contribution in [2.24, 2.45) is 0 Å². The van der Waals surface area contributed by atoms with Gasteiger partial charge in [-0.1, -0.05) is 13.0 Å². The van der Waals surface area contributed by atoms with Crippen LogP contribution >= 0.6 is 0 Å². The van der Waals surface area contributed by atoms with E-state index in [0.29, 0.717) is 6.42 Å². The maximum atomic E-state index is 11.6. The Kier molecular flexibility index (Phi) is 4.28. The Bertz CT molecular complexity index is 309. The number of carbonyl (C=O) groups is 1. The van der Waals surface area contributed by atoms with Crippen LogP contribution in [-0.4, -0.2) is 29.9 Å². The van der Waals surface area contributed by atoms with E-state index in [2.05, 4.69) is 11.9 Å². The summed E-state index contributed by atoms with van der Waals surface area (Å²) in [5.41, 5.74) is 1.15. The summed E-state index contributed by atoms with van der Waals surface area (Å²) in [5.74, 6) is 0.458. The summed E-state index contributed by atoms with van der Waals surface area (Å²) in [7, 11) is 3.58. The molecule has 0 aliphatic carbocycles. The summed E-state index contributed by atoms with van der Waals surface area (Å²) in [6, 6.07) is 3.95. The molecule has 1 rings (SSSR count). The Morgan fingerprint density at radius 2 is 2.27 bits per heavy atom. The van der Waals surface area contributed by atoms with Gasteiger partial charge in [-0.15, -0.1) is 0 Å². The number of hydrogen-bond donors (Lipinski definition) is 0. The van der Waals surface area contributed by atoms with Gasteiger partial charge in [-0.05, 0) is 24.0 Å². The predicted octanol–water partition coefficient (Wildman–Crippen LogP) is 2.05. The molecule has 1 atom stereocenters. The average molecular weight is 206 g/mol. The average Bonchev–Trinajstić information content (AvgIpc) is 2.26. The quantitative estimate of drug-likeness (QED) is 0.755. The van der Waals surface area contributed by atoms with Gasteiger partial charge in [0, 0.05) is 32.9 Å². The molecular weight excluding hydrogens is 188 g/mol. The Labute approximate surface area is 91.1 Å². The van der Waals surface area contributed by atoms with E-state index in [4.69, 9.17) is 0 Å². The molecule has 0 fully saturated rings. The first kappa shape index (κ1) is 11.7. The second-order valence-electron chi connectivity index (χ2n) is 3.88. The highest BCUT2D eigenvalue weighted by molar-refractivity contribution is 5.76. The van der Waals surface area contributed by atoms with E-state index in [1.165, 1.54) is 0 Å². The van der Waals surface area contributed by atoms with Crippen LogP contribution in [0.3, 0.4) is 0 Å². The van der Waals surface area contributed by atoms with E-state index >= 15 is 0 Å². The van der Waals surface area contributed by atoms with E-state index in [-0.39, 0.29) is 11.8 Å². The maximum Gasteiger partial charge on any atom is 0.222 e. The zero-order valence-electron chi connectivity index (χ0n) is 9.60. The summed E-state index contributed by atoms with van der Waals surface area (Å²) in [4.78, 5) is 17.3. The Hall–Kier alpha value is -1.38. The minimum Gasteiger partial charge on any atom is -0.349 e. The predicted molar refractivity (Wildman–Crippen MR) is 60.6 cm³/mol. The van der Waals surface area contributed by atoms with Crippen molar-refractivity contribution in [2.45, 2.75) is 25.7 Å². The molecule has 82 valence electrons. The van der Waals surface area contributed by atoms with Crippen LogP contribution in [0.15, 0.2) is 24.5 Å². The fraction of sp³-hybridized carbons (Fsp3) is 0.500. The fourth-order valence-corrected chi connectivity index (χ4v) is 1.51. The first-order valence-electron chi connectivity index (χ1n) is 5.25. The van der Waals surface area contributed by atoms with Gasteiger partial charge in [0.2, 0.25) is 5.91 Å². The standard InChI is InChI=1S/C12H18N2O/c1-4-10(8-12(15)14(2)3)11-6-5-7-13-9-11/h5-7,9-10H,4,8H2,1-3H3/t10-/m0/s1. The maximum absolute atomic E-state index is 11.6. The van der Waals surface area contributed by atoms with Crippen LogP contribution < -0.4 is 0 Å². The molecule has 0 N–H and O–H groups in total. The first-order chi connectivity index (χ1) is 7.15. The lowest BCUT2D eigenvalue weighted by molar-refractivity contribution is -0.129. The van der Waals surface area contributed by atoms with Crippen molar-refractivity contribution >= 4 is 5.91 Å². The van der Waals surface area contributed by atoms with E-state index < -0.39 is 0 Å². The van der Waals surface area contributed by atoms with Gasteiger partial charge in [0.15, 0.2) is 0 Å². The lowest BCUT2D eigenvalue weighted by Crippen LogP contribution is -2.23. The molecule has 0 aliphatic rings. The van der Waals surface area contributed by atoms with Crippen molar-refractivity contribution in [1.82, 2.24) is 9.88 Å². The smallest absolute Gasteiger partial charge is 0.222 e.